The molecule has 3 heterocycles. The van der Waals surface area contributed by atoms with E-state index in [1.165, 1.54) is 11.3 Å². The lowest BCUT2D eigenvalue weighted by atomic mass is 10.2. The van der Waals surface area contributed by atoms with Gasteiger partial charge in [-0.25, -0.2) is 4.98 Å². The molecule has 6 nitrogen and oxygen atoms in total. The number of hydrogen-bond donors (Lipinski definition) is 1. The number of carbonyl (C=O) groups is 1. The second kappa shape index (κ2) is 8.28. The van der Waals surface area contributed by atoms with Crippen LogP contribution in [0.1, 0.15) is 23.2 Å². The number of benzene rings is 1. The molecule has 1 aliphatic rings. The Hall–Kier alpha value is -2.77. The number of para-hydroxylation sites is 1. The summed E-state index contributed by atoms with van der Waals surface area (Å²) in [5.74, 6) is 0.305. The van der Waals surface area contributed by atoms with Gasteiger partial charge in [0.15, 0.2) is 5.13 Å². The Morgan fingerprint density at radius 2 is 2.22 bits per heavy atom. The fourth-order valence-corrected chi connectivity index (χ4v) is 3.60. The summed E-state index contributed by atoms with van der Waals surface area (Å²) < 4.78 is 11.4. The summed E-state index contributed by atoms with van der Waals surface area (Å²) in [6.07, 6.45) is 5.60. The molecule has 138 valence electrons. The van der Waals surface area contributed by atoms with E-state index >= 15 is 0 Å². The second-order valence-corrected chi connectivity index (χ2v) is 7.03. The van der Waals surface area contributed by atoms with Crippen molar-refractivity contribution >= 4 is 22.4 Å². The van der Waals surface area contributed by atoms with Gasteiger partial charge in [0.25, 0.3) is 5.91 Å². The predicted molar refractivity (Wildman–Crippen MR) is 104 cm³/mol. The van der Waals surface area contributed by atoms with Crippen molar-refractivity contribution in [1.82, 2.24) is 9.97 Å². The molecule has 1 saturated heterocycles. The Morgan fingerprint density at radius 3 is 3.04 bits per heavy atom. The number of amides is 1. The van der Waals surface area contributed by atoms with Crippen molar-refractivity contribution in [3.05, 3.63) is 59.7 Å². The molecular weight excluding hydrogens is 362 g/mol. The van der Waals surface area contributed by atoms with E-state index in [2.05, 4.69) is 15.3 Å². The number of nitrogens with zero attached hydrogens (tertiary/aromatic N) is 2. The summed E-state index contributed by atoms with van der Waals surface area (Å²) in [5, 5.41) is 5.28. The topological polar surface area (TPSA) is 73.3 Å². The van der Waals surface area contributed by atoms with Crippen LogP contribution in [0.5, 0.6) is 5.75 Å². The summed E-state index contributed by atoms with van der Waals surface area (Å²) in [5.41, 5.74) is 2.18. The normalized spacial score (nSPS) is 16.2. The van der Waals surface area contributed by atoms with Crippen LogP contribution in [-0.4, -0.2) is 35.2 Å². The largest absolute Gasteiger partial charge is 0.490 e. The zero-order valence-corrected chi connectivity index (χ0v) is 15.4. The van der Waals surface area contributed by atoms with E-state index in [-0.39, 0.29) is 12.0 Å². The number of pyridine rings is 1. The molecular formula is C20H19N3O3S. The molecule has 2 aromatic heterocycles. The third-order valence-electron chi connectivity index (χ3n) is 4.26. The Kier molecular flexibility index (Phi) is 5.41. The highest BCUT2D eigenvalue weighted by atomic mass is 32.1. The molecule has 7 heteroatoms. The van der Waals surface area contributed by atoms with Gasteiger partial charge in [0.05, 0.1) is 17.4 Å². The molecule has 4 rings (SSSR count). The van der Waals surface area contributed by atoms with Gasteiger partial charge in [-0.05, 0) is 37.1 Å². The fraction of sp³-hybridized carbons (Fsp3) is 0.250. The molecule has 0 bridgehead atoms. The van der Waals surface area contributed by atoms with Crippen LogP contribution in [0.4, 0.5) is 5.13 Å². The van der Waals surface area contributed by atoms with Gasteiger partial charge in [-0.2, -0.15) is 0 Å². The minimum absolute atomic E-state index is 0.0992. The lowest BCUT2D eigenvalue weighted by Crippen LogP contribution is -2.19. The third-order valence-corrected chi connectivity index (χ3v) is 5.02. The predicted octanol–water partition coefficient (Wildman–Crippen LogP) is 4.02. The first-order valence-electron chi connectivity index (χ1n) is 8.80. The van der Waals surface area contributed by atoms with Crippen LogP contribution in [0.15, 0.2) is 54.2 Å². The first-order chi connectivity index (χ1) is 13.3. The SMILES string of the molecule is O=C(Nc1nc(-c2cccnc2)cs1)c1ccccc1OC[C@@H]1CCCO1. The third kappa shape index (κ3) is 4.32. The van der Waals surface area contributed by atoms with Gasteiger partial charge in [-0.3, -0.25) is 15.1 Å². The number of carbonyl (C=O) groups excluding carboxylic acids is 1. The summed E-state index contributed by atoms with van der Waals surface area (Å²) >= 11 is 1.38. The molecule has 0 saturated carbocycles. The van der Waals surface area contributed by atoms with Crippen LogP contribution in [0, 0.1) is 0 Å². The number of nitrogens with one attached hydrogen (secondary N) is 1. The highest BCUT2D eigenvalue weighted by Crippen LogP contribution is 2.26. The van der Waals surface area contributed by atoms with Gasteiger partial charge < -0.3 is 9.47 Å². The zero-order valence-electron chi connectivity index (χ0n) is 14.6. The van der Waals surface area contributed by atoms with Crippen LogP contribution in [0.3, 0.4) is 0 Å². The number of thiazole rings is 1. The number of aromatic nitrogens is 2. The van der Waals surface area contributed by atoms with E-state index in [9.17, 15) is 4.79 Å². The molecule has 1 atom stereocenters. The van der Waals surface area contributed by atoms with Crippen molar-refractivity contribution in [2.24, 2.45) is 0 Å². The molecule has 1 aliphatic heterocycles. The van der Waals surface area contributed by atoms with Crippen molar-refractivity contribution in [2.75, 3.05) is 18.5 Å². The Balaban J connectivity index is 1.44. The number of ether oxygens (including phenoxy) is 2. The molecule has 27 heavy (non-hydrogen) atoms. The minimum atomic E-state index is -0.245. The maximum atomic E-state index is 12.7. The molecule has 1 N–H and O–H groups in total. The van der Waals surface area contributed by atoms with Gasteiger partial charge in [-0.15, -0.1) is 11.3 Å². The first-order valence-corrected chi connectivity index (χ1v) is 9.68. The minimum Gasteiger partial charge on any atom is -0.490 e. The molecule has 1 amide bonds. The van der Waals surface area contributed by atoms with Gasteiger partial charge >= 0.3 is 0 Å². The van der Waals surface area contributed by atoms with Crippen molar-refractivity contribution in [3.8, 4) is 17.0 Å². The summed E-state index contributed by atoms with van der Waals surface area (Å²) in [4.78, 5) is 21.3. The van der Waals surface area contributed by atoms with E-state index in [1.54, 1.807) is 24.5 Å². The maximum Gasteiger partial charge on any atom is 0.261 e. The van der Waals surface area contributed by atoms with Crippen molar-refractivity contribution in [2.45, 2.75) is 18.9 Å². The lowest BCUT2D eigenvalue weighted by Gasteiger charge is -2.14. The molecule has 0 aliphatic carbocycles. The fourth-order valence-electron chi connectivity index (χ4n) is 2.88. The molecule has 1 aromatic carbocycles. The van der Waals surface area contributed by atoms with Gasteiger partial charge in [0.1, 0.15) is 12.4 Å². The van der Waals surface area contributed by atoms with E-state index in [0.29, 0.717) is 23.1 Å². The van der Waals surface area contributed by atoms with Crippen LogP contribution in [0.2, 0.25) is 0 Å². The van der Waals surface area contributed by atoms with E-state index in [1.807, 2.05) is 29.6 Å². The monoisotopic (exact) mass is 381 g/mol. The van der Waals surface area contributed by atoms with E-state index in [4.69, 9.17) is 9.47 Å². The molecule has 0 spiro atoms. The highest BCUT2D eigenvalue weighted by Gasteiger charge is 2.19. The molecule has 0 radical (unpaired) electrons. The van der Waals surface area contributed by atoms with E-state index in [0.717, 1.165) is 30.7 Å². The quantitative estimate of drug-likeness (QED) is 0.698. The number of hydrogen-bond acceptors (Lipinski definition) is 6. The van der Waals surface area contributed by atoms with Crippen LogP contribution >= 0.6 is 11.3 Å². The van der Waals surface area contributed by atoms with Crippen LogP contribution in [-0.2, 0) is 4.74 Å². The summed E-state index contributed by atoms with van der Waals surface area (Å²) in [6.45, 7) is 1.23. The molecule has 1 fully saturated rings. The molecule has 0 unspecified atom stereocenters. The van der Waals surface area contributed by atoms with Gasteiger partial charge in [0, 0.05) is 29.9 Å². The summed E-state index contributed by atoms with van der Waals surface area (Å²) in [6, 6.07) is 11.0. The van der Waals surface area contributed by atoms with Gasteiger partial charge in [-0.1, -0.05) is 12.1 Å². The van der Waals surface area contributed by atoms with Crippen LogP contribution < -0.4 is 10.1 Å². The average molecular weight is 381 g/mol. The standard InChI is InChI=1S/C20H19N3O3S/c24-19(23-20-22-17(13-27-20)14-5-3-9-21-11-14)16-7-1-2-8-18(16)26-12-15-6-4-10-25-15/h1-3,5,7-9,11,13,15H,4,6,10,12H2,(H,22,23,24)/t15-/m0/s1. The van der Waals surface area contributed by atoms with Crippen molar-refractivity contribution in [1.29, 1.82) is 0 Å². The van der Waals surface area contributed by atoms with E-state index < -0.39 is 0 Å². The van der Waals surface area contributed by atoms with Crippen LogP contribution in [0.25, 0.3) is 11.3 Å². The summed E-state index contributed by atoms with van der Waals surface area (Å²) in [7, 11) is 0. The number of anilines is 1. The molecule has 3 aromatic rings. The Bertz CT molecular complexity index is 908. The van der Waals surface area contributed by atoms with Crippen molar-refractivity contribution < 1.29 is 14.3 Å². The number of rotatable bonds is 6. The lowest BCUT2D eigenvalue weighted by molar-refractivity contribution is 0.0673. The smallest absolute Gasteiger partial charge is 0.261 e. The highest BCUT2D eigenvalue weighted by molar-refractivity contribution is 7.14. The Morgan fingerprint density at radius 1 is 1.30 bits per heavy atom. The second-order valence-electron chi connectivity index (χ2n) is 6.18. The van der Waals surface area contributed by atoms with Gasteiger partial charge in [0.2, 0.25) is 0 Å². The van der Waals surface area contributed by atoms with Crippen molar-refractivity contribution in [3.63, 3.8) is 0 Å². The Labute approximate surface area is 161 Å². The zero-order chi connectivity index (χ0) is 18.5. The average Bonchev–Trinajstić information content (AvgIpc) is 3.39. The first kappa shape index (κ1) is 17.6. The maximum absolute atomic E-state index is 12.7.